The molecule has 2 aromatic rings. The standard InChI is InChI=1S/C19H23N5O2/c1-24-17(8-10-21-24)16-12-26-19(23-16)18(25)22-15-11-20-9-7-14(15)13-5-3-2-4-6-13/h2-3,5,8,10,12,14-15,20H,4,6-7,9,11H2,1H3,(H,22,25)/t14-,15+/m1/s1. The summed E-state index contributed by atoms with van der Waals surface area (Å²) in [4.78, 5) is 17.0. The molecule has 2 N–H and O–H groups in total. The van der Waals surface area contributed by atoms with Gasteiger partial charge in [0.2, 0.25) is 0 Å². The van der Waals surface area contributed by atoms with Gasteiger partial charge in [-0.15, -0.1) is 0 Å². The molecule has 0 radical (unpaired) electrons. The van der Waals surface area contributed by atoms with Gasteiger partial charge >= 0.3 is 5.91 Å². The summed E-state index contributed by atoms with van der Waals surface area (Å²) < 4.78 is 7.12. The lowest BCUT2D eigenvalue weighted by Crippen LogP contribution is -2.51. The summed E-state index contributed by atoms with van der Waals surface area (Å²) in [6, 6.07) is 1.88. The van der Waals surface area contributed by atoms with E-state index in [-0.39, 0.29) is 17.8 Å². The second kappa shape index (κ2) is 7.29. The first-order valence-corrected chi connectivity index (χ1v) is 9.03. The van der Waals surface area contributed by atoms with Gasteiger partial charge in [-0.25, -0.2) is 4.98 Å². The number of carbonyl (C=O) groups excluding carboxylic acids is 1. The summed E-state index contributed by atoms with van der Waals surface area (Å²) in [5.74, 6) is 0.170. The number of allylic oxidation sites excluding steroid dienone is 3. The van der Waals surface area contributed by atoms with Crippen LogP contribution in [0.25, 0.3) is 11.4 Å². The van der Waals surface area contributed by atoms with Crippen LogP contribution in [0.15, 0.2) is 46.7 Å². The molecule has 4 rings (SSSR count). The lowest BCUT2D eigenvalue weighted by atomic mass is 9.82. The lowest BCUT2D eigenvalue weighted by molar-refractivity contribution is 0.0882. The van der Waals surface area contributed by atoms with Crippen molar-refractivity contribution in [3.05, 3.63) is 48.2 Å². The van der Waals surface area contributed by atoms with Gasteiger partial charge in [-0.05, 0) is 31.9 Å². The second-order valence-electron chi connectivity index (χ2n) is 6.77. The van der Waals surface area contributed by atoms with Gasteiger partial charge in [0, 0.05) is 31.7 Å². The number of amides is 1. The van der Waals surface area contributed by atoms with Gasteiger partial charge < -0.3 is 15.1 Å². The van der Waals surface area contributed by atoms with Gasteiger partial charge in [-0.2, -0.15) is 5.10 Å². The molecule has 7 nitrogen and oxygen atoms in total. The molecule has 7 heteroatoms. The largest absolute Gasteiger partial charge is 0.440 e. The van der Waals surface area contributed by atoms with E-state index in [0.717, 1.165) is 38.0 Å². The van der Waals surface area contributed by atoms with Gasteiger partial charge in [-0.1, -0.05) is 23.8 Å². The fourth-order valence-electron chi connectivity index (χ4n) is 3.74. The molecule has 1 aliphatic heterocycles. The second-order valence-corrected chi connectivity index (χ2v) is 6.77. The number of oxazole rings is 1. The van der Waals surface area contributed by atoms with Gasteiger partial charge in [0.25, 0.3) is 5.89 Å². The fraction of sp³-hybridized carbons (Fsp3) is 0.421. The van der Waals surface area contributed by atoms with E-state index in [4.69, 9.17) is 4.42 Å². The molecule has 3 heterocycles. The minimum atomic E-state index is -0.274. The number of hydrogen-bond donors (Lipinski definition) is 2. The van der Waals surface area contributed by atoms with Gasteiger partial charge in [0.1, 0.15) is 12.0 Å². The normalized spacial score (nSPS) is 22.9. The highest BCUT2D eigenvalue weighted by Gasteiger charge is 2.30. The van der Waals surface area contributed by atoms with Crippen molar-refractivity contribution >= 4 is 5.91 Å². The fourth-order valence-corrected chi connectivity index (χ4v) is 3.74. The van der Waals surface area contributed by atoms with E-state index in [2.05, 4.69) is 38.9 Å². The smallest absolute Gasteiger partial charge is 0.307 e. The van der Waals surface area contributed by atoms with E-state index < -0.39 is 0 Å². The molecule has 1 aliphatic carbocycles. The van der Waals surface area contributed by atoms with Crippen molar-refractivity contribution in [3.63, 3.8) is 0 Å². The number of carbonyl (C=O) groups is 1. The zero-order valence-corrected chi connectivity index (χ0v) is 14.8. The Morgan fingerprint density at radius 3 is 3.15 bits per heavy atom. The first-order valence-electron chi connectivity index (χ1n) is 9.03. The molecule has 2 aliphatic rings. The quantitative estimate of drug-likeness (QED) is 0.879. The molecule has 0 spiro atoms. The Balaban J connectivity index is 1.48. The summed E-state index contributed by atoms with van der Waals surface area (Å²) in [7, 11) is 1.83. The minimum Gasteiger partial charge on any atom is -0.440 e. The number of aromatic nitrogens is 3. The molecule has 26 heavy (non-hydrogen) atoms. The van der Waals surface area contributed by atoms with E-state index >= 15 is 0 Å². The van der Waals surface area contributed by atoms with Crippen molar-refractivity contribution < 1.29 is 9.21 Å². The molecule has 1 saturated heterocycles. The average molecular weight is 353 g/mol. The maximum Gasteiger partial charge on any atom is 0.307 e. The zero-order valence-electron chi connectivity index (χ0n) is 14.8. The molecule has 136 valence electrons. The van der Waals surface area contributed by atoms with Gasteiger partial charge in [0.05, 0.1) is 5.69 Å². The topological polar surface area (TPSA) is 85.0 Å². The number of hydrogen-bond acceptors (Lipinski definition) is 5. The molecule has 0 bridgehead atoms. The molecule has 0 aromatic carbocycles. The number of piperidine rings is 1. The van der Waals surface area contributed by atoms with Crippen molar-refractivity contribution in [3.8, 4) is 11.4 Å². The third kappa shape index (κ3) is 3.35. The first kappa shape index (κ1) is 16.8. The van der Waals surface area contributed by atoms with Gasteiger partial charge in [0.15, 0.2) is 0 Å². The molecule has 2 atom stereocenters. The lowest BCUT2D eigenvalue weighted by Gasteiger charge is -2.34. The Labute approximate surface area is 152 Å². The summed E-state index contributed by atoms with van der Waals surface area (Å²) in [5.41, 5.74) is 2.83. The van der Waals surface area contributed by atoms with Crippen molar-refractivity contribution in [1.82, 2.24) is 25.4 Å². The zero-order chi connectivity index (χ0) is 17.9. The van der Waals surface area contributed by atoms with Crippen molar-refractivity contribution in [2.75, 3.05) is 13.1 Å². The predicted octanol–water partition coefficient (Wildman–Crippen LogP) is 2.06. The Morgan fingerprint density at radius 2 is 2.38 bits per heavy atom. The molecule has 0 unspecified atom stereocenters. The van der Waals surface area contributed by atoms with Crippen LogP contribution in [0.2, 0.25) is 0 Å². The maximum atomic E-state index is 12.7. The van der Waals surface area contributed by atoms with Crippen LogP contribution in [0.5, 0.6) is 0 Å². The number of nitrogens with zero attached hydrogens (tertiary/aromatic N) is 3. The average Bonchev–Trinajstić information content (AvgIpc) is 3.32. The molecule has 1 amide bonds. The molecule has 1 fully saturated rings. The highest BCUT2D eigenvalue weighted by Crippen LogP contribution is 2.28. The van der Waals surface area contributed by atoms with E-state index in [9.17, 15) is 4.79 Å². The van der Waals surface area contributed by atoms with Crippen LogP contribution in [0.4, 0.5) is 0 Å². The maximum absolute atomic E-state index is 12.7. The summed E-state index contributed by atoms with van der Waals surface area (Å²) in [6.07, 6.45) is 12.9. The first-order chi connectivity index (χ1) is 12.7. The summed E-state index contributed by atoms with van der Waals surface area (Å²) in [5, 5.41) is 10.6. The highest BCUT2D eigenvalue weighted by atomic mass is 16.4. The van der Waals surface area contributed by atoms with Crippen LogP contribution in [0.1, 0.15) is 29.9 Å². The van der Waals surface area contributed by atoms with E-state index in [1.54, 1.807) is 10.9 Å². The van der Waals surface area contributed by atoms with E-state index in [1.807, 2.05) is 13.1 Å². The van der Waals surface area contributed by atoms with Crippen LogP contribution in [0.3, 0.4) is 0 Å². The minimum absolute atomic E-state index is 0.0426. The van der Waals surface area contributed by atoms with Crippen LogP contribution in [0, 0.1) is 5.92 Å². The number of aryl methyl sites for hydroxylation is 1. The van der Waals surface area contributed by atoms with E-state index in [1.165, 1.54) is 11.8 Å². The molecular formula is C19H23N5O2. The van der Waals surface area contributed by atoms with Crippen molar-refractivity contribution in [2.24, 2.45) is 13.0 Å². The Bertz CT molecular complexity index is 848. The predicted molar refractivity (Wildman–Crippen MR) is 97.4 cm³/mol. The summed E-state index contributed by atoms with van der Waals surface area (Å²) in [6.45, 7) is 1.73. The van der Waals surface area contributed by atoms with Gasteiger partial charge in [-0.3, -0.25) is 9.48 Å². The van der Waals surface area contributed by atoms with Crippen molar-refractivity contribution in [2.45, 2.75) is 25.3 Å². The van der Waals surface area contributed by atoms with Crippen molar-refractivity contribution in [1.29, 1.82) is 0 Å². The highest BCUT2D eigenvalue weighted by molar-refractivity contribution is 5.90. The van der Waals surface area contributed by atoms with E-state index in [0.29, 0.717) is 11.6 Å². The SMILES string of the molecule is Cn1nccc1-c1coc(C(=O)N[C@H]2CNCC[C@@H]2C2=CC=CCC2)n1. The third-order valence-electron chi connectivity index (χ3n) is 5.10. The number of nitrogens with one attached hydrogen (secondary N) is 2. The monoisotopic (exact) mass is 353 g/mol. The third-order valence-corrected chi connectivity index (χ3v) is 5.10. The Kier molecular flexibility index (Phi) is 4.71. The van der Waals surface area contributed by atoms with Crippen LogP contribution in [-0.4, -0.2) is 39.8 Å². The van der Waals surface area contributed by atoms with Crippen LogP contribution >= 0.6 is 0 Å². The molecular weight excluding hydrogens is 330 g/mol. The Morgan fingerprint density at radius 1 is 1.46 bits per heavy atom. The van der Waals surface area contributed by atoms with Crippen LogP contribution < -0.4 is 10.6 Å². The summed E-state index contributed by atoms with van der Waals surface area (Å²) >= 11 is 0. The Hall–Kier alpha value is -2.67. The molecule has 0 saturated carbocycles. The number of rotatable bonds is 4. The van der Waals surface area contributed by atoms with Crippen LogP contribution in [-0.2, 0) is 7.05 Å². The molecule has 2 aromatic heterocycles.